The molecule has 0 radical (unpaired) electrons. The van der Waals surface area contributed by atoms with E-state index in [1.54, 1.807) is 16.8 Å². The van der Waals surface area contributed by atoms with E-state index >= 15 is 0 Å². The standard InChI is InChI=1S/C22H24ClFN6O/c1-15-13-16(2)30(27-15)21-7-6-20(25-26-21)28-9-11-29(12-10-28)22(31)8-4-17-3-5-19(24)18(23)14-17/h3,5-7,13-14H,4,8-12H2,1-2H3. The molecule has 9 heteroatoms. The zero-order valence-corrected chi connectivity index (χ0v) is 18.3. The number of hydrogen-bond acceptors (Lipinski definition) is 5. The third-order valence-corrected chi connectivity index (χ3v) is 5.72. The molecule has 2 aromatic heterocycles. The minimum atomic E-state index is -0.445. The van der Waals surface area contributed by atoms with Crippen LogP contribution < -0.4 is 4.90 Å². The molecule has 0 unspecified atom stereocenters. The quantitative estimate of drug-likeness (QED) is 0.606. The van der Waals surface area contributed by atoms with Crippen LogP contribution >= 0.6 is 11.6 Å². The lowest BCUT2D eigenvalue weighted by Crippen LogP contribution is -2.49. The Hall–Kier alpha value is -3.00. The van der Waals surface area contributed by atoms with Crippen LogP contribution in [-0.2, 0) is 11.2 Å². The number of piperazine rings is 1. The first-order chi connectivity index (χ1) is 14.9. The average Bonchev–Trinajstić information content (AvgIpc) is 3.12. The second kappa shape index (κ2) is 9.01. The molecule has 7 nitrogen and oxygen atoms in total. The summed E-state index contributed by atoms with van der Waals surface area (Å²) in [6.45, 7) is 6.58. The van der Waals surface area contributed by atoms with Crippen molar-refractivity contribution in [1.29, 1.82) is 0 Å². The van der Waals surface area contributed by atoms with E-state index in [9.17, 15) is 9.18 Å². The van der Waals surface area contributed by atoms with Crippen LogP contribution in [0.25, 0.3) is 5.82 Å². The summed E-state index contributed by atoms with van der Waals surface area (Å²) < 4.78 is 15.0. The van der Waals surface area contributed by atoms with Crippen molar-refractivity contribution in [3.05, 3.63) is 64.2 Å². The van der Waals surface area contributed by atoms with Gasteiger partial charge in [-0.15, -0.1) is 10.2 Å². The molecule has 31 heavy (non-hydrogen) atoms. The lowest BCUT2D eigenvalue weighted by Gasteiger charge is -2.35. The Morgan fingerprint density at radius 1 is 1.03 bits per heavy atom. The third-order valence-electron chi connectivity index (χ3n) is 5.43. The molecule has 0 atom stereocenters. The average molecular weight is 443 g/mol. The molecule has 0 saturated carbocycles. The Bertz CT molecular complexity index is 1080. The number of carbonyl (C=O) groups excluding carboxylic acids is 1. The van der Waals surface area contributed by atoms with Crippen molar-refractivity contribution in [1.82, 2.24) is 24.9 Å². The number of aryl methyl sites for hydroxylation is 3. The molecule has 1 fully saturated rings. The van der Waals surface area contributed by atoms with Crippen molar-refractivity contribution in [2.45, 2.75) is 26.7 Å². The molecule has 0 aliphatic carbocycles. The molecule has 0 spiro atoms. The van der Waals surface area contributed by atoms with Gasteiger partial charge >= 0.3 is 0 Å². The summed E-state index contributed by atoms with van der Waals surface area (Å²) >= 11 is 5.81. The number of benzene rings is 1. The van der Waals surface area contributed by atoms with Gasteiger partial charge in [0.1, 0.15) is 5.82 Å². The van der Waals surface area contributed by atoms with E-state index in [0.29, 0.717) is 44.8 Å². The van der Waals surface area contributed by atoms with Gasteiger partial charge in [0.15, 0.2) is 11.6 Å². The van der Waals surface area contributed by atoms with Crippen LogP contribution in [-0.4, -0.2) is 57.0 Å². The van der Waals surface area contributed by atoms with Crippen molar-refractivity contribution in [2.24, 2.45) is 0 Å². The number of carbonyl (C=O) groups is 1. The highest BCUT2D eigenvalue weighted by Crippen LogP contribution is 2.19. The Balaban J connectivity index is 1.30. The van der Waals surface area contributed by atoms with Gasteiger partial charge < -0.3 is 9.80 Å². The van der Waals surface area contributed by atoms with Gasteiger partial charge in [0.25, 0.3) is 0 Å². The summed E-state index contributed by atoms with van der Waals surface area (Å²) in [5, 5.41) is 13.2. The SMILES string of the molecule is Cc1cc(C)n(-c2ccc(N3CCN(C(=O)CCc4ccc(F)c(Cl)c4)CC3)nn2)n1. The van der Waals surface area contributed by atoms with Gasteiger partial charge in [-0.1, -0.05) is 17.7 Å². The highest BCUT2D eigenvalue weighted by atomic mass is 35.5. The van der Waals surface area contributed by atoms with Crippen LogP contribution in [0.15, 0.2) is 36.4 Å². The Morgan fingerprint density at radius 3 is 2.35 bits per heavy atom. The molecule has 0 bridgehead atoms. The van der Waals surface area contributed by atoms with Crippen LogP contribution in [0, 0.1) is 19.7 Å². The zero-order valence-electron chi connectivity index (χ0n) is 17.6. The summed E-state index contributed by atoms with van der Waals surface area (Å²) in [5.41, 5.74) is 2.80. The highest BCUT2D eigenvalue weighted by Gasteiger charge is 2.22. The topological polar surface area (TPSA) is 67.2 Å². The lowest BCUT2D eigenvalue weighted by atomic mass is 10.1. The summed E-state index contributed by atoms with van der Waals surface area (Å²) in [4.78, 5) is 16.6. The van der Waals surface area contributed by atoms with Crippen molar-refractivity contribution in [3.63, 3.8) is 0 Å². The monoisotopic (exact) mass is 442 g/mol. The molecule has 1 aliphatic rings. The molecular formula is C22H24ClFN6O. The fraction of sp³-hybridized carbons (Fsp3) is 0.364. The van der Waals surface area contributed by atoms with E-state index in [0.717, 1.165) is 22.8 Å². The molecule has 1 saturated heterocycles. The fourth-order valence-corrected chi connectivity index (χ4v) is 3.95. The number of rotatable bonds is 5. The van der Waals surface area contributed by atoms with E-state index < -0.39 is 5.82 Å². The third kappa shape index (κ3) is 4.85. The Kier molecular flexibility index (Phi) is 6.18. The van der Waals surface area contributed by atoms with E-state index in [2.05, 4.69) is 20.2 Å². The maximum Gasteiger partial charge on any atom is 0.223 e. The Morgan fingerprint density at radius 2 is 1.74 bits per heavy atom. The molecule has 1 amide bonds. The molecule has 0 N–H and O–H groups in total. The maximum atomic E-state index is 13.3. The first-order valence-electron chi connectivity index (χ1n) is 10.2. The van der Waals surface area contributed by atoms with Crippen LogP contribution in [0.1, 0.15) is 23.4 Å². The lowest BCUT2D eigenvalue weighted by molar-refractivity contribution is -0.131. The van der Waals surface area contributed by atoms with Crippen molar-refractivity contribution in [2.75, 3.05) is 31.1 Å². The molecule has 3 aromatic rings. The largest absolute Gasteiger partial charge is 0.352 e. The molecule has 3 heterocycles. The summed E-state index contributed by atoms with van der Waals surface area (Å²) in [6.07, 6.45) is 0.914. The normalized spacial score (nSPS) is 14.2. The first-order valence-corrected chi connectivity index (χ1v) is 10.6. The molecule has 162 valence electrons. The number of aromatic nitrogens is 4. The molecule has 1 aromatic carbocycles. The highest BCUT2D eigenvalue weighted by molar-refractivity contribution is 6.30. The number of hydrogen-bond donors (Lipinski definition) is 0. The smallest absolute Gasteiger partial charge is 0.223 e. The predicted octanol–water partition coefficient (Wildman–Crippen LogP) is 3.35. The zero-order chi connectivity index (χ0) is 22.0. The number of anilines is 1. The van der Waals surface area contributed by atoms with Gasteiger partial charge in [-0.25, -0.2) is 9.07 Å². The van der Waals surface area contributed by atoms with Gasteiger partial charge in [0.05, 0.1) is 10.7 Å². The summed E-state index contributed by atoms with van der Waals surface area (Å²) in [6, 6.07) is 10.4. The fourth-order valence-electron chi connectivity index (χ4n) is 3.75. The second-order valence-corrected chi connectivity index (χ2v) is 8.11. The van der Waals surface area contributed by atoms with E-state index in [-0.39, 0.29) is 10.9 Å². The van der Waals surface area contributed by atoms with E-state index in [1.807, 2.05) is 36.9 Å². The van der Waals surface area contributed by atoms with Gasteiger partial charge in [-0.2, -0.15) is 5.10 Å². The number of halogens is 2. The van der Waals surface area contributed by atoms with E-state index in [4.69, 9.17) is 11.6 Å². The summed E-state index contributed by atoms with van der Waals surface area (Å²) in [7, 11) is 0. The molecular weight excluding hydrogens is 419 g/mol. The minimum Gasteiger partial charge on any atom is -0.352 e. The van der Waals surface area contributed by atoms with Crippen LogP contribution in [0.4, 0.5) is 10.2 Å². The second-order valence-electron chi connectivity index (χ2n) is 7.70. The first kappa shape index (κ1) is 21.2. The number of nitrogens with zero attached hydrogens (tertiary/aromatic N) is 6. The van der Waals surface area contributed by atoms with Crippen LogP contribution in [0.2, 0.25) is 5.02 Å². The van der Waals surface area contributed by atoms with Crippen molar-refractivity contribution in [3.8, 4) is 5.82 Å². The maximum absolute atomic E-state index is 13.3. The minimum absolute atomic E-state index is 0.0866. The van der Waals surface area contributed by atoms with Gasteiger partial charge in [-0.05, 0) is 56.2 Å². The molecule has 4 rings (SSSR count). The van der Waals surface area contributed by atoms with Gasteiger partial charge in [-0.3, -0.25) is 4.79 Å². The van der Waals surface area contributed by atoms with Crippen LogP contribution in [0.3, 0.4) is 0 Å². The van der Waals surface area contributed by atoms with Gasteiger partial charge in [0.2, 0.25) is 5.91 Å². The summed E-state index contributed by atoms with van der Waals surface area (Å²) in [5.74, 6) is 1.12. The predicted molar refractivity (Wildman–Crippen MR) is 117 cm³/mol. The Labute approximate surface area is 185 Å². The molecule has 1 aliphatic heterocycles. The van der Waals surface area contributed by atoms with Crippen molar-refractivity contribution < 1.29 is 9.18 Å². The van der Waals surface area contributed by atoms with Crippen molar-refractivity contribution >= 4 is 23.3 Å². The van der Waals surface area contributed by atoms with E-state index in [1.165, 1.54) is 6.07 Å². The number of amides is 1. The van der Waals surface area contributed by atoms with Crippen LogP contribution in [0.5, 0.6) is 0 Å². The van der Waals surface area contributed by atoms with Gasteiger partial charge in [0, 0.05) is 38.3 Å².